The van der Waals surface area contributed by atoms with Gasteiger partial charge in [0.05, 0.1) is 0 Å². The molecule has 1 aliphatic rings. The van der Waals surface area contributed by atoms with Crippen molar-refractivity contribution in [1.29, 1.82) is 0 Å². The average Bonchev–Trinajstić information content (AvgIpc) is 2.27. The molecule has 0 aromatic rings. The third-order valence-electron chi connectivity index (χ3n) is 3.42. The number of carboxylic acids is 1. The van der Waals surface area contributed by atoms with Gasteiger partial charge in [-0.1, -0.05) is 6.92 Å². The molecule has 1 aliphatic heterocycles. The van der Waals surface area contributed by atoms with Gasteiger partial charge in [-0.25, -0.2) is 9.59 Å². The minimum Gasteiger partial charge on any atom is -0.480 e. The number of nitrogens with zero attached hydrogens (tertiary/aromatic N) is 2. The maximum absolute atomic E-state index is 12.1. The monoisotopic (exact) mass is 271 g/mol. The molecule has 1 fully saturated rings. The second kappa shape index (κ2) is 6.75. The summed E-state index contributed by atoms with van der Waals surface area (Å²) in [5, 5.41) is 12.1. The van der Waals surface area contributed by atoms with E-state index in [-0.39, 0.29) is 12.1 Å². The van der Waals surface area contributed by atoms with E-state index in [2.05, 4.69) is 5.32 Å². The summed E-state index contributed by atoms with van der Waals surface area (Å²) in [6.45, 7) is 5.19. The van der Waals surface area contributed by atoms with Crippen LogP contribution in [0.25, 0.3) is 0 Å². The Labute approximate surface area is 114 Å². The highest BCUT2D eigenvalue weighted by molar-refractivity contribution is 5.83. The zero-order valence-corrected chi connectivity index (χ0v) is 12.2. The van der Waals surface area contributed by atoms with Crippen LogP contribution in [0.1, 0.15) is 26.7 Å². The molecule has 19 heavy (non-hydrogen) atoms. The number of carboxylic acid groups (broad SMARTS) is 1. The van der Waals surface area contributed by atoms with Crippen molar-refractivity contribution in [1.82, 2.24) is 15.1 Å². The first-order valence-electron chi connectivity index (χ1n) is 6.76. The third kappa shape index (κ3) is 4.70. The number of hydrogen-bond donors (Lipinski definition) is 2. The van der Waals surface area contributed by atoms with E-state index in [1.807, 2.05) is 32.8 Å². The minimum atomic E-state index is -0.915. The van der Waals surface area contributed by atoms with E-state index >= 15 is 0 Å². The molecule has 6 heteroatoms. The molecule has 6 nitrogen and oxygen atoms in total. The minimum absolute atomic E-state index is 0.00343. The van der Waals surface area contributed by atoms with Crippen LogP contribution >= 0.6 is 0 Å². The van der Waals surface area contributed by atoms with Gasteiger partial charge in [-0.3, -0.25) is 0 Å². The van der Waals surface area contributed by atoms with Gasteiger partial charge in [-0.05, 0) is 39.8 Å². The van der Waals surface area contributed by atoms with E-state index in [9.17, 15) is 14.7 Å². The van der Waals surface area contributed by atoms with Gasteiger partial charge in [-0.15, -0.1) is 0 Å². The highest BCUT2D eigenvalue weighted by atomic mass is 16.4. The quantitative estimate of drug-likeness (QED) is 0.794. The summed E-state index contributed by atoms with van der Waals surface area (Å²) in [6.07, 6.45) is 1.39. The van der Waals surface area contributed by atoms with Crippen LogP contribution in [0.4, 0.5) is 4.79 Å². The smallest absolute Gasteiger partial charge is 0.326 e. The average molecular weight is 271 g/mol. The number of carbonyl (C=O) groups excluding carboxylic acids is 1. The Morgan fingerprint density at radius 1 is 1.47 bits per heavy atom. The highest BCUT2D eigenvalue weighted by Gasteiger charge is 2.35. The molecule has 1 heterocycles. The summed E-state index contributed by atoms with van der Waals surface area (Å²) in [6, 6.07) is -0.972. The Balaban J connectivity index is 2.61. The van der Waals surface area contributed by atoms with Gasteiger partial charge in [-0.2, -0.15) is 0 Å². The number of likely N-dealkylation sites (tertiary alicyclic amines) is 1. The predicted molar refractivity (Wildman–Crippen MR) is 73.1 cm³/mol. The summed E-state index contributed by atoms with van der Waals surface area (Å²) >= 11 is 0. The van der Waals surface area contributed by atoms with Gasteiger partial charge in [0, 0.05) is 19.1 Å². The van der Waals surface area contributed by atoms with Crippen LogP contribution in [0.5, 0.6) is 0 Å². The Morgan fingerprint density at radius 3 is 2.63 bits per heavy atom. The molecule has 0 bridgehead atoms. The Hall–Kier alpha value is -1.30. The molecule has 0 spiro atoms. The molecule has 0 aromatic heterocycles. The zero-order valence-electron chi connectivity index (χ0n) is 12.2. The number of nitrogens with one attached hydrogen (secondary N) is 1. The first-order valence-corrected chi connectivity index (χ1v) is 6.76. The number of carbonyl (C=O) groups is 2. The van der Waals surface area contributed by atoms with Crippen molar-refractivity contribution in [2.45, 2.75) is 38.8 Å². The number of amides is 2. The van der Waals surface area contributed by atoms with Gasteiger partial charge in [0.1, 0.15) is 6.04 Å². The van der Waals surface area contributed by atoms with Crippen LogP contribution in [0, 0.1) is 5.92 Å². The van der Waals surface area contributed by atoms with Crippen molar-refractivity contribution in [3.8, 4) is 0 Å². The van der Waals surface area contributed by atoms with Crippen LogP contribution in [0.2, 0.25) is 0 Å². The first kappa shape index (κ1) is 15.8. The van der Waals surface area contributed by atoms with E-state index in [1.165, 1.54) is 4.90 Å². The topological polar surface area (TPSA) is 72.9 Å². The second-order valence-electron chi connectivity index (χ2n) is 5.79. The predicted octanol–water partition coefficient (Wildman–Crippen LogP) is 0.831. The third-order valence-corrected chi connectivity index (χ3v) is 3.42. The van der Waals surface area contributed by atoms with E-state index < -0.39 is 12.0 Å². The number of piperidine rings is 1. The van der Waals surface area contributed by atoms with Gasteiger partial charge in [0.25, 0.3) is 0 Å². The Morgan fingerprint density at radius 2 is 2.11 bits per heavy atom. The molecule has 3 unspecified atom stereocenters. The summed E-state index contributed by atoms with van der Waals surface area (Å²) < 4.78 is 0. The fraction of sp³-hybridized carbons (Fsp3) is 0.846. The summed E-state index contributed by atoms with van der Waals surface area (Å²) in [5.74, 6) is -0.564. The number of urea groups is 1. The van der Waals surface area contributed by atoms with Crippen molar-refractivity contribution in [2.24, 2.45) is 5.92 Å². The lowest BCUT2D eigenvalue weighted by molar-refractivity contribution is -0.143. The second-order valence-corrected chi connectivity index (χ2v) is 5.79. The van der Waals surface area contributed by atoms with Gasteiger partial charge < -0.3 is 20.2 Å². The molecule has 2 N–H and O–H groups in total. The van der Waals surface area contributed by atoms with Crippen molar-refractivity contribution >= 4 is 12.0 Å². The largest absolute Gasteiger partial charge is 0.480 e. The standard InChI is InChI=1S/C13H25N3O3/c1-9-5-6-16(11(7-9)12(17)18)13(19)14-10(2)8-15(3)4/h9-11H,5-8H2,1-4H3,(H,14,19)(H,17,18). The molecule has 0 saturated carbocycles. The summed E-state index contributed by atoms with van der Waals surface area (Å²) in [5.41, 5.74) is 0. The van der Waals surface area contributed by atoms with Crippen LogP contribution in [-0.2, 0) is 4.79 Å². The first-order chi connectivity index (χ1) is 8.81. The number of hydrogen-bond acceptors (Lipinski definition) is 3. The molecule has 3 atom stereocenters. The van der Waals surface area contributed by atoms with Crippen molar-refractivity contribution in [3.63, 3.8) is 0 Å². The maximum atomic E-state index is 12.1. The Bertz CT molecular complexity index is 333. The lowest BCUT2D eigenvalue weighted by atomic mass is 9.93. The van der Waals surface area contributed by atoms with Crippen LogP contribution in [0.15, 0.2) is 0 Å². The molecule has 1 saturated heterocycles. The zero-order chi connectivity index (χ0) is 14.6. The van der Waals surface area contributed by atoms with E-state index in [4.69, 9.17) is 0 Å². The van der Waals surface area contributed by atoms with E-state index in [0.29, 0.717) is 18.9 Å². The summed E-state index contributed by atoms with van der Waals surface area (Å²) in [4.78, 5) is 26.8. The van der Waals surface area contributed by atoms with Gasteiger partial charge in [0.15, 0.2) is 0 Å². The fourth-order valence-corrected chi connectivity index (χ4v) is 2.51. The molecule has 1 rings (SSSR count). The van der Waals surface area contributed by atoms with Crippen molar-refractivity contribution < 1.29 is 14.7 Å². The molecular weight excluding hydrogens is 246 g/mol. The van der Waals surface area contributed by atoms with Crippen LogP contribution in [-0.4, -0.2) is 66.2 Å². The normalized spacial score (nSPS) is 25.2. The van der Waals surface area contributed by atoms with Gasteiger partial charge >= 0.3 is 12.0 Å². The summed E-state index contributed by atoms with van der Waals surface area (Å²) in [7, 11) is 3.87. The molecular formula is C13H25N3O3. The Kier molecular flexibility index (Phi) is 5.60. The molecule has 2 amide bonds. The van der Waals surface area contributed by atoms with Crippen LogP contribution < -0.4 is 5.32 Å². The number of aliphatic carboxylic acids is 1. The SMILES string of the molecule is CC1CCN(C(=O)NC(C)CN(C)C)C(C(=O)O)C1. The van der Waals surface area contributed by atoms with E-state index in [0.717, 1.165) is 13.0 Å². The lowest BCUT2D eigenvalue weighted by Gasteiger charge is -2.36. The maximum Gasteiger partial charge on any atom is 0.326 e. The lowest BCUT2D eigenvalue weighted by Crippen LogP contribution is -2.55. The van der Waals surface area contributed by atoms with Gasteiger partial charge in [0.2, 0.25) is 0 Å². The highest BCUT2D eigenvalue weighted by Crippen LogP contribution is 2.22. The molecule has 0 aliphatic carbocycles. The fourth-order valence-electron chi connectivity index (χ4n) is 2.51. The van der Waals surface area contributed by atoms with Crippen LogP contribution in [0.3, 0.4) is 0 Å². The molecule has 110 valence electrons. The van der Waals surface area contributed by atoms with Crippen molar-refractivity contribution in [3.05, 3.63) is 0 Å². The molecule has 0 aromatic carbocycles. The van der Waals surface area contributed by atoms with Crippen molar-refractivity contribution in [2.75, 3.05) is 27.2 Å². The van der Waals surface area contributed by atoms with E-state index in [1.54, 1.807) is 0 Å². The number of rotatable bonds is 4. The number of likely N-dealkylation sites (N-methyl/N-ethyl adjacent to an activating group) is 1. The molecule has 0 radical (unpaired) electrons.